The third-order valence-corrected chi connectivity index (χ3v) is 2.54. The minimum absolute atomic E-state index is 0.0747. The van der Waals surface area contributed by atoms with E-state index in [1.807, 2.05) is 0 Å². The van der Waals surface area contributed by atoms with Gasteiger partial charge in [0.05, 0.1) is 5.56 Å². The molecule has 0 radical (unpaired) electrons. The minimum Gasteiger partial charge on any atom is -0.507 e. The van der Waals surface area contributed by atoms with Crippen molar-refractivity contribution in [3.05, 3.63) is 23.3 Å². The number of anilines is 1. The molecular weight excluding hydrogens is 178 g/mol. The van der Waals surface area contributed by atoms with Gasteiger partial charge in [0, 0.05) is 18.3 Å². The molecule has 3 nitrogen and oxygen atoms in total. The molecular formula is C11H13NO2. The maximum absolute atomic E-state index is 11.2. The van der Waals surface area contributed by atoms with Gasteiger partial charge in [0.15, 0.2) is 5.78 Å². The van der Waals surface area contributed by atoms with E-state index in [9.17, 15) is 9.90 Å². The van der Waals surface area contributed by atoms with Gasteiger partial charge in [-0.2, -0.15) is 0 Å². The molecule has 0 spiro atoms. The molecule has 0 saturated heterocycles. The largest absolute Gasteiger partial charge is 0.507 e. The quantitative estimate of drug-likeness (QED) is 0.667. The fourth-order valence-corrected chi connectivity index (χ4v) is 1.79. The van der Waals surface area contributed by atoms with Crippen LogP contribution in [0, 0.1) is 0 Å². The highest BCUT2D eigenvalue weighted by Crippen LogP contribution is 2.29. The van der Waals surface area contributed by atoms with Gasteiger partial charge in [-0.15, -0.1) is 0 Å². The number of phenols is 1. The normalized spacial score (nSPS) is 14.4. The molecule has 74 valence electrons. The first kappa shape index (κ1) is 9.06. The standard InChI is InChI=1S/C11H13NO2/c1-7(13)9-5-8-3-2-4-12-10(8)6-11(9)14/h5-6,12,14H,2-4H2,1H3. The summed E-state index contributed by atoms with van der Waals surface area (Å²) in [4.78, 5) is 11.2. The summed E-state index contributed by atoms with van der Waals surface area (Å²) in [5.41, 5.74) is 2.51. The monoisotopic (exact) mass is 191 g/mol. The van der Waals surface area contributed by atoms with E-state index in [2.05, 4.69) is 5.32 Å². The van der Waals surface area contributed by atoms with Crippen molar-refractivity contribution in [1.29, 1.82) is 0 Å². The van der Waals surface area contributed by atoms with E-state index in [-0.39, 0.29) is 11.5 Å². The first-order chi connectivity index (χ1) is 6.68. The summed E-state index contributed by atoms with van der Waals surface area (Å²) in [6.45, 7) is 2.41. The van der Waals surface area contributed by atoms with E-state index in [4.69, 9.17) is 0 Å². The van der Waals surface area contributed by atoms with Gasteiger partial charge in [-0.05, 0) is 31.4 Å². The summed E-state index contributed by atoms with van der Waals surface area (Å²) in [7, 11) is 0. The molecule has 2 N–H and O–H groups in total. The number of phenolic OH excluding ortho intramolecular Hbond substituents is 1. The summed E-state index contributed by atoms with van der Waals surface area (Å²) >= 11 is 0. The number of ketones is 1. The van der Waals surface area contributed by atoms with Crippen molar-refractivity contribution in [3.63, 3.8) is 0 Å². The Morgan fingerprint density at radius 3 is 3.00 bits per heavy atom. The van der Waals surface area contributed by atoms with E-state index in [1.165, 1.54) is 6.92 Å². The molecule has 0 atom stereocenters. The zero-order valence-electron chi connectivity index (χ0n) is 8.13. The van der Waals surface area contributed by atoms with Crippen LogP contribution < -0.4 is 5.32 Å². The lowest BCUT2D eigenvalue weighted by Crippen LogP contribution is -2.12. The Morgan fingerprint density at radius 1 is 1.50 bits per heavy atom. The summed E-state index contributed by atoms with van der Waals surface area (Å²) in [6.07, 6.45) is 2.05. The molecule has 1 aromatic carbocycles. The smallest absolute Gasteiger partial charge is 0.163 e. The lowest BCUT2D eigenvalue weighted by atomic mass is 9.98. The molecule has 1 aliphatic heterocycles. The van der Waals surface area contributed by atoms with Gasteiger partial charge >= 0.3 is 0 Å². The zero-order chi connectivity index (χ0) is 10.1. The van der Waals surface area contributed by atoms with Crippen molar-refractivity contribution in [3.8, 4) is 5.75 Å². The van der Waals surface area contributed by atoms with Gasteiger partial charge in [-0.3, -0.25) is 4.79 Å². The van der Waals surface area contributed by atoms with E-state index in [0.29, 0.717) is 5.56 Å². The predicted molar refractivity (Wildman–Crippen MR) is 54.9 cm³/mol. The molecule has 0 fully saturated rings. The van der Waals surface area contributed by atoms with E-state index in [0.717, 1.165) is 30.6 Å². The van der Waals surface area contributed by atoms with E-state index in [1.54, 1.807) is 12.1 Å². The third-order valence-electron chi connectivity index (χ3n) is 2.54. The van der Waals surface area contributed by atoms with E-state index < -0.39 is 0 Å². The van der Waals surface area contributed by atoms with Gasteiger partial charge in [0.1, 0.15) is 5.75 Å². The van der Waals surface area contributed by atoms with Crippen molar-refractivity contribution >= 4 is 11.5 Å². The van der Waals surface area contributed by atoms with Crippen molar-refractivity contribution in [2.45, 2.75) is 19.8 Å². The zero-order valence-corrected chi connectivity index (χ0v) is 8.13. The average molecular weight is 191 g/mol. The van der Waals surface area contributed by atoms with Crippen LogP contribution in [0.4, 0.5) is 5.69 Å². The number of aromatic hydroxyl groups is 1. The fourth-order valence-electron chi connectivity index (χ4n) is 1.79. The van der Waals surface area contributed by atoms with Crippen LogP contribution in [-0.4, -0.2) is 17.4 Å². The SMILES string of the molecule is CC(=O)c1cc2c(cc1O)NCCC2. The molecule has 2 rings (SSSR count). The highest BCUT2D eigenvalue weighted by molar-refractivity contribution is 5.97. The van der Waals surface area contributed by atoms with Crippen LogP contribution in [0.25, 0.3) is 0 Å². The minimum atomic E-state index is -0.0872. The molecule has 0 saturated carbocycles. The summed E-state index contributed by atoms with van der Waals surface area (Å²) in [5, 5.41) is 12.8. The number of nitrogens with one attached hydrogen (secondary N) is 1. The average Bonchev–Trinajstić information content (AvgIpc) is 2.16. The van der Waals surface area contributed by atoms with Crippen molar-refractivity contribution in [2.75, 3.05) is 11.9 Å². The molecule has 14 heavy (non-hydrogen) atoms. The summed E-state index contributed by atoms with van der Waals surface area (Å²) < 4.78 is 0. The molecule has 3 heteroatoms. The van der Waals surface area contributed by atoms with Crippen molar-refractivity contribution in [1.82, 2.24) is 0 Å². The Labute approximate surface area is 82.8 Å². The van der Waals surface area contributed by atoms with Crippen LogP contribution in [0.2, 0.25) is 0 Å². The van der Waals surface area contributed by atoms with Crippen LogP contribution >= 0.6 is 0 Å². The second-order valence-corrected chi connectivity index (χ2v) is 3.61. The molecule has 0 unspecified atom stereocenters. The Bertz CT molecular complexity index is 385. The van der Waals surface area contributed by atoms with Crippen molar-refractivity contribution in [2.24, 2.45) is 0 Å². The molecule has 1 aromatic rings. The van der Waals surface area contributed by atoms with Crippen LogP contribution in [0.5, 0.6) is 5.75 Å². The van der Waals surface area contributed by atoms with Crippen LogP contribution in [0.3, 0.4) is 0 Å². The fraction of sp³-hybridized carbons (Fsp3) is 0.364. The van der Waals surface area contributed by atoms with Crippen LogP contribution in [0.15, 0.2) is 12.1 Å². The Morgan fingerprint density at radius 2 is 2.29 bits per heavy atom. The van der Waals surface area contributed by atoms with Gasteiger partial charge in [-0.1, -0.05) is 0 Å². The van der Waals surface area contributed by atoms with Gasteiger partial charge in [0.25, 0.3) is 0 Å². The number of hydrogen-bond acceptors (Lipinski definition) is 3. The molecule has 0 aromatic heterocycles. The third kappa shape index (κ3) is 1.45. The van der Waals surface area contributed by atoms with Crippen LogP contribution in [-0.2, 0) is 6.42 Å². The van der Waals surface area contributed by atoms with Crippen LogP contribution in [0.1, 0.15) is 29.3 Å². The first-order valence-electron chi connectivity index (χ1n) is 4.79. The number of rotatable bonds is 1. The van der Waals surface area contributed by atoms with E-state index >= 15 is 0 Å². The molecule has 0 amide bonds. The number of carbonyl (C=O) groups is 1. The van der Waals surface area contributed by atoms with Gasteiger partial charge < -0.3 is 10.4 Å². The predicted octanol–water partition coefficient (Wildman–Crippen LogP) is 1.95. The highest BCUT2D eigenvalue weighted by atomic mass is 16.3. The maximum Gasteiger partial charge on any atom is 0.163 e. The molecule has 0 bridgehead atoms. The summed E-state index contributed by atoms with van der Waals surface area (Å²) in [5.74, 6) is -0.0125. The Kier molecular flexibility index (Phi) is 2.15. The number of fused-ring (bicyclic) bond motifs is 1. The number of benzene rings is 1. The topological polar surface area (TPSA) is 49.3 Å². The number of carbonyl (C=O) groups excluding carboxylic acids is 1. The summed E-state index contributed by atoms with van der Waals surface area (Å²) in [6, 6.07) is 3.43. The number of aryl methyl sites for hydroxylation is 1. The number of hydrogen-bond donors (Lipinski definition) is 2. The second-order valence-electron chi connectivity index (χ2n) is 3.61. The lowest BCUT2D eigenvalue weighted by molar-refractivity contribution is 0.101. The maximum atomic E-state index is 11.2. The Balaban J connectivity index is 2.50. The van der Waals surface area contributed by atoms with Gasteiger partial charge in [-0.25, -0.2) is 0 Å². The Hall–Kier alpha value is -1.51. The molecule has 0 aliphatic carbocycles. The molecule has 1 heterocycles. The lowest BCUT2D eigenvalue weighted by Gasteiger charge is -2.18. The number of Topliss-reactive ketones (excluding diaryl/α,β-unsaturated/α-hetero) is 1. The van der Waals surface area contributed by atoms with Gasteiger partial charge in [0.2, 0.25) is 0 Å². The van der Waals surface area contributed by atoms with Crippen molar-refractivity contribution < 1.29 is 9.90 Å². The molecule has 1 aliphatic rings. The highest BCUT2D eigenvalue weighted by Gasteiger charge is 2.14. The first-order valence-corrected chi connectivity index (χ1v) is 4.79. The second kappa shape index (κ2) is 3.33.